The van der Waals surface area contributed by atoms with Crippen molar-refractivity contribution in [2.24, 2.45) is 23.5 Å². The summed E-state index contributed by atoms with van der Waals surface area (Å²) in [5.74, 6) is 2.06. The van der Waals surface area contributed by atoms with Gasteiger partial charge in [-0.2, -0.15) is 0 Å². The molecule has 0 fully saturated rings. The van der Waals surface area contributed by atoms with Gasteiger partial charge in [0.25, 0.3) is 0 Å². The molecule has 0 aromatic carbocycles. The zero-order chi connectivity index (χ0) is 16.0. The number of rotatable bonds is 8. The normalized spacial score (nSPS) is 10.5. The molecule has 0 bridgehead atoms. The Labute approximate surface area is 126 Å². The highest BCUT2D eigenvalue weighted by molar-refractivity contribution is 5.73. The standard InChI is InChI=1S/C11H24N2O.C5H13N/c1-9(2)5-7-12-11(14)13-8-6-10(3)4;1-5(2)3-4-6/h9-10H,5-8H2,1-4H3,(H2,12,13,14);5H,3-4,6H2,1-2H3. The number of nitrogens with two attached hydrogens (primary N) is 1. The topological polar surface area (TPSA) is 67.1 Å². The third-order valence-electron chi connectivity index (χ3n) is 2.76. The zero-order valence-electron chi connectivity index (χ0n) is 14.5. The molecule has 0 atom stereocenters. The molecular formula is C16H37N3O. The van der Waals surface area contributed by atoms with Gasteiger partial charge in [0.1, 0.15) is 0 Å². The Hall–Kier alpha value is -0.770. The highest BCUT2D eigenvalue weighted by atomic mass is 16.2. The monoisotopic (exact) mass is 287 g/mol. The molecule has 0 aliphatic carbocycles. The number of urea groups is 1. The molecule has 0 heterocycles. The average molecular weight is 287 g/mol. The first-order valence-corrected chi connectivity index (χ1v) is 8.01. The highest BCUT2D eigenvalue weighted by Gasteiger charge is 2.00. The molecule has 0 radical (unpaired) electrons. The van der Waals surface area contributed by atoms with Gasteiger partial charge in [0.15, 0.2) is 0 Å². The predicted octanol–water partition coefficient (Wildman–Crippen LogP) is 3.37. The van der Waals surface area contributed by atoms with E-state index in [4.69, 9.17) is 5.73 Å². The first-order chi connectivity index (χ1) is 9.29. The second kappa shape index (κ2) is 14.6. The lowest BCUT2D eigenvalue weighted by molar-refractivity contribution is 0.239. The Morgan fingerprint density at radius 2 is 1.15 bits per heavy atom. The maximum atomic E-state index is 11.2. The van der Waals surface area contributed by atoms with E-state index in [9.17, 15) is 4.79 Å². The molecule has 0 unspecified atom stereocenters. The van der Waals surface area contributed by atoms with Gasteiger partial charge in [0.2, 0.25) is 0 Å². The van der Waals surface area contributed by atoms with Crippen LogP contribution in [0.4, 0.5) is 4.79 Å². The zero-order valence-corrected chi connectivity index (χ0v) is 14.5. The smallest absolute Gasteiger partial charge is 0.314 e. The van der Waals surface area contributed by atoms with Gasteiger partial charge in [0.05, 0.1) is 0 Å². The molecule has 0 spiro atoms. The average Bonchev–Trinajstić information content (AvgIpc) is 2.28. The van der Waals surface area contributed by atoms with Crippen molar-refractivity contribution in [3.05, 3.63) is 0 Å². The lowest BCUT2D eigenvalue weighted by Crippen LogP contribution is -2.37. The summed E-state index contributed by atoms with van der Waals surface area (Å²) in [6.45, 7) is 15.3. The quantitative estimate of drug-likeness (QED) is 0.641. The van der Waals surface area contributed by atoms with Crippen molar-refractivity contribution in [2.75, 3.05) is 19.6 Å². The number of nitrogens with one attached hydrogen (secondary N) is 2. The van der Waals surface area contributed by atoms with Crippen molar-refractivity contribution in [3.8, 4) is 0 Å². The van der Waals surface area contributed by atoms with Crippen molar-refractivity contribution in [1.29, 1.82) is 0 Å². The van der Waals surface area contributed by atoms with Crippen molar-refractivity contribution in [2.45, 2.75) is 60.8 Å². The third-order valence-corrected chi connectivity index (χ3v) is 2.76. The van der Waals surface area contributed by atoms with Crippen LogP contribution in [0.5, 0.6) is 0 Å². The Morgan fingerprint density at radius 1 is 0.800 bits per heavy atom. The van der Waals surface area contributed by atoms with E-state index in [2.05, 4.69) is 52.2 Å². The summed E-state index contributed by atoms with van der Waals surface area (Å²) >= 11 is 0. The van der Waals surface area contributed by atoms with Gasteiger partial charge < -0.3 is 16.4 Å². The molecular weight excluding hydrogens is 250 g/mol. The van der Waals surface area contributed by atoms with Crippen LogP contribution in [0.15, 0.2) is 0 Å². The third kappa shape index (κ3) is 22.4. The molecule has 4 heteroatoms. The summed E-state index contributed by atoms with van der Waals surface area (Å²) in [7, 11) is 0. The van der Waals surface area contributed by atoms with Crippen LogP contribution in [0, 0.1) is 17.8 Å². The molecule has 0 aliphatic heterocycles. The summed E-state index contributed by atoms with van der Waals surface area (Å²) in [6.07, 6.45) is 3.23. The predicted molar refractivity (Wildman–Crippen MR) is 88.8 cm³/mol. The Balaban J connectivity index is 0. The van der Waals surface area contributed by atoms with Crippen molar-refractivity contribution >= 4 is 6.03 Å². The lowest BCUT2D eigenvalue weighted by atomic mass is 10.1. The molecule has 0 aromatic rings. The van der Waals surface area contributed by atoms with E-state index < -0.39 is 0 Å². The highest BCUT2D eigenvalue weighted by Crippen LogP contribution is 1.97. The second-order valence-corrected chi connectivity index (χ2v) is 6.52. The molecule has 2 amide bonds. The van der Waals surface area contributed by atoms with Gasteiger partial charge >= 0.3 is 6.03 Å². The van der Waals surface area contributed by atoms with E-state index in [-0.39, 0.29) is 6.03 Å². The fraction of sp³-hybridized carbons (Fsp3) is 0.938. The fourth-order valence-electron chi connectivity index (χ4n) is 1.34. The Kier molecular flexibility index (Phi) is 15.8. The largest absolute Gasteiger partial charge is 0.338 e. The van der Waals surface area contributed by atoms with Crippen LogP contribution >= 0.6 is 0 Å². The molecule has 122 valence electrons. The number of carbonyl (C=O) groups is 1. The van der Waals surface area contributed by atoms with Crippen LogP contribution in [0.2, 0.25) is 0 Å². The number of hydrogen-bond acceptors (Lipinski definition) is 2. The molecule has 4 N–H and O–H groups in total. The van der Waals surface area contributed by atoms with Crippen LogP contribution in [-0.2, 0) is 0 Å². The van der Waals surface area contributed by atoms with E-state index >= 15 is 0 Å². The molecule has 0 rings (SSSR count). The van der Waals surface area contributed by atoms with E-state index in [0.29, 0.717) is 11.8 Å². The van der Waals surface area contributed by atoms with Gasteiger partial charge in [-0.05, 0) is 43.6 Å². The van der Waals surface area contributed by atoms with E-state index in [1.54, 1.807) is 0 Å². The molecule has 4 nitrogen and oxygen atoms in total. The number of amides is 2. The Morgan fingerprint density at radius 3 is 1.35 bits per heavy atom. The summed E-state index contributed by atoms with van der Waals surface area (Å²) in [6, 6.07) is -0.0358. The maximum Gasteiger partial charge on any atom is 0.314 e. The van der Waals surface area contributed by atoms with Crippen molar-refractivity contribution in [1.82, 2.24) is 10.6 Å². The summed E-state index contributed by atoms with van der Waals surface area (Å²) in [5.41, 5.74) is 5.23. The molecule has 0 aromatic heterocycles. The van der Waals surface area contributed by atoms with E-state index in [0.717, 1.165) is 44.8 Å². The van der Waals surface area contributed by atoms with Gasteiger partial charge in [-0.1, -0.05) is 41.5 Å². The summed E-state index contributed by atoms with van der Waals surface area (Å²) in [4.78, 5) is 11.2. The van der Waals surface area contributed by atoms with Crippen LogP contribution in [0.25, 0.3) is 0 Å². The van der Waals surface area contributed by atoms with E-state index in [1.807, 2.05) is 0 Å². The van der Waals surface area contributed by atoms with Gasteiger partial charge in [-0.25, -0.2) is 4.79 Å². The van der Waals surface area contributed by atoms with Gasteiger partial charge in [0, 0.05) is 13.1 Å². The number of hydrogen-bond donors (Lipinski definition) is 3. The molecule has 0 saturated carbocycles. The van der Waals surface area contributed by atoms with Gasteiger partial charge in [-0.15, -0.1) is 0 Å². The molecule has 20 heavy (non-hydrogen) atoms. The lowest BCUT2D eigenvalue weighted by Gasteiger charge is -2.09. The Bertz CT molecular complexity index is 200. The minimum absolute atomic E-state index is 0.0358. The SMILES string of the molecule is CC(C)CCN.CC(C)CCNC(=O)NCCC(C)C. The first kappa shape index (κ1) is 21.5. The second-order valence-electron chi connectivity index (χ2n) is 6.52. The van der Waals surface area contributed by atoms with Gasteiger partial charge in [-0.3, -0.25) is 0 Å². The minimum Gasteiger partial charge on any atom is -0.338 e. The first-order valence-electron chi connectivity index (χ1n) is 8.01. The van der Waals surface area contributed by atoms with Crippen LogP contribution in [0.1, 0.15) is 60.8 Å². The maximum absolute atomic E-state index is 11.2. The van der Waals surface area contributed by atoms with Crippen molar-refractivity contribution < 1.29 is 4.79 Å². The van der Waals surface area contributed by atoms with Crippen LogP contribution in [-0.4, -0.2) is 25.7 Å². The summed E-state index contributed by atoms with van der Waals surface area (Å²) < 4.78 is 0. The van der Waals surface area contributed by atoms with Crippen LogP contribution < -0.4 is 16.4 Å². The van der Waals surface area contributed by atoms with E-state index in [1.165, 1.54) is 0 Å². The fourth-order valence-corrected chi connectivity index (χ4v) is 1.34. The molecule has 0 saturated heterocycles. The van der Waals surface area contributed by atoms with Crippen molar-refractivity contribution in [3.63, 3.8) is 0 Å². The number of carbonyl (C=O) groups excluding carboxylic acids is 1. The summed E-state index contributed by atoms with van der Waals surface area (Å²) in [5, 5.41) is 5.68. The van der Waals surface area contributed by atoms with Crippen LogP contribution in [0.3, 0.4) is 0 Å². The minimum atomic E-state index is -0.0358. The molecule has 0 aliphatic rings.